The first-order valence-corrected chi connectivity index (χ1v) is 6.84. The molecular weight excluding hydrogens is 273 g/mol. The Hall–Kier alpha value is -0.960. The lowest BCUT2D eigenvalue weighted by Crippen LogP contribution is -2.06. The highest BCUT2D eigenvalue weighted by Gasteiger charge is 2.30. The summed E-state index contributed by atoms with van der Waals surface area (Å²) in [5, 5.41) is -0.0146. The van der Waals surface area contributed by atoms with E-state index in [0.29, 0.717) is 5.56 Å². The maximum absolute atomic E-state index is 12.6. The minimum absolute atomic E-state index is 0.0146. The van der Waals surface area contributed by atoms with Crippen molar-refractivity contribution in [3.8, 4) is 0 Å². The molecule has 104 valence electrons. The fourth-order valence-electron chi connectivity index (χ4n) is 2.46. The molecule has 0 N–H and O–H groups in total. The predicted molar refractivity (Wildman–Crippen MR) is 72.3 cm³/mol. The van der Waals surface area contributed by atoms with E-state index in [9.17, 15) is 13.2 Å². The van der Waals surface area contributed by atoms with E-state index >= 15 is 0 Å². The Morgan fingerprint density at radius 3 is 2.58 bits per heavy atom. The van der Waals surface area contributed by atoms with Crippen LogP contribution in [0.1, 0.15) is 42.4 Å². The zero-order valence-electron chi connectivity index (χ0n) is 10.7. The molecule has 0 radical (unpaired) electrons. The van der Waals surface area contributed by atoms with Gasteiger partial charge in [0.1, 0.15) is 0 Å². The second-order valence-electron chi connectivity index (χ2n) is 4.98. The summed E-state index contributed by atoms with van der Waals surface area (Å²) in [5.41, 5.74) is 2.03. The van der Waals surface area contributed by atoms with Crippen LogP contribution in [-0.2, 0) is 6.18 Å². The Kier molecular flexibility index (Phi) is 4.24. The van der Waals surface area contributed by atoms with Gasteiger partial charge < -0.3 is 0 Å². The first-order valence-electron chi connectivity index (χ1n) is 6.41. The largest absolute Gasteiger partial charge is 0.416 e. The zero-order valence-corrected chi connectivity index (χ0v) is 11.5. The molecule has 0 aromatic heterocycles. The number of aryl methyl sites for hydroxylation is 1. The van der Waals surface area contributed by atoms with Crippen molar-refractivity contribution in [3.05, 3.63) is 41.0 Å². The van der Waals surface area contributed by atoms with E-state index in [1.807, 2.05) is 6.08 Å². The zero-order chi connectivity index (χ0) is 14.0. The molecule has 4 heteroatoms. The summed E-state index contributed by atoms with van der Waals surface area (Å²) in [6, 6.07) is 3.93. The molecule has 2 rings (SSSR count). The molecule has 0 fully saturated rings. The average molecular weight is 289 g/mol. The third-order valence-electron chi connectivity index (χ3n) is 3.46. The normalized spacial score (nSPS) is 20.9. The van der Waals surface area contributed by atoms with Crippen molar-refractivity contribution < 1.29 is 13.2 Å². The van der Waals surface area contributed by atoms with E-state index in [0.717, 1.165) is 42.9 Å². The van der Waals surface area contributed by atoms with Crippen LogP contribution in [0, 0.1) is 6.92 Å². The lowest BCUT2D eigenvalue weighted by Gasteiger charge is -2.13. The van der Waals surface area contributed by atoms with Crippen LogP contribution in [0.25, 0.3) is 5.57 Å². The highest BCUT2D eigenvalue weighted by molar-refractivity contribution is 6.22. The lowest BCUT2D eigenvalue weighted by molar-refractivity contribution is -0.137. The maximum atomic E-state index is 12.6. The molecule has 19 heavy (non-hydrogen) atoms. The standard InChI is InChI=1S/C15H16ClF3/c1-10-8-12(15(17,18)19)6-7-14(10)11-4-2-3-5-13(16)9-11/h6-9,13H,2-5H2,1H3. The fraction of sp³-hybridized carbons (Fsp3) is 0.467. The van der Waals surface area contributed by atoms with Crippen molar-refractivity contribution in [2.24, 2.45) is 0 Å². The van der Waals surface area contributed by atoms with Gasteiger partial charge in [-0.1, -0.05) is 18.6 Å². The summed E-state index contributed by atoms with van der Waals surface area (Å²) < 4.78 is 37.9. The number of benzene rings is 1. The van der Waals surface area contributed by atoms with E-state index in [1.165, 1.54) is 6.07 Å². The van der Waals surface area contributed by atoms with Crippen LogP contribution in [0.5, 0.6) is 0 Å². The third-order valence-corrected chi connectivity index (χ3v) is 3.80. The molecule has 1 unspecified atom stereocenters. The molecule has 0 amide bonds. The fourth-order valence-corrected chi connectivity index (χ4v) is 2.77. The van der Waals surface area contributed by atoms with Crippen molar-refractivity contribution in [2.45, 2.75) is 44.2 Å². The van der Waals surface area contributed by atoms with Gasteiger partial charge in [-0.2, -0.15) is 13.2 Å². The molecule has 0 nitrogen and oxygen atoms in total. The quantitative estimate of drug-likeness (QED) is 0.592. The highest BCUT2D eigenvalue weighted by Crippen LogP contribution is 2.34. The Bertz CT molecular complexity index is 489. The number of allylic oxidation sites excluding steroid dienone is 2. The number of rotatable bonds is 1. The van der Waals surface area contributed by atoms with Crippen LogP contribution in [0.4, 0.5) is 13.2 Å². The van der Waals surface area contributed by atoms with E-state index < -0.39 is 11.7 Å². The van der Waals surface area contributed by atoms with Crippen LogP contribution in [0.2, 0.25) is 0 Å². The van der Waals surface area contributed by atoms with Crippen molar-refractivity contribution in [3.63, 3.8) is 0 Å². The molecule has 1 aliphatic carbocycles. The first-order chi connectivity index (χ1) is 8.88. The van der Waals surface area contributed by atoms with Gasteiger partial charge in [-0.05, 0) is 55.0 Å². The van der Waals surface area contributed by atoms with Crippen LogP contribution in [-0.4, -0.2) is 5.38 Å². The molecule has 0 spiro atoms. The minimum Gasteiger partial charge on any atom is -0.166 e. The summed E-state index contributed by atoms with van der Waals surface area (Å²) in [4.78, 5) is 0. The summed E-state index contributed by atoms with van der Waals surface area (Å²) in [6.07, 6.45) is 1.63. The lowest BCUT2D eigenvalue weighted by atomic mass is 9.95. The van der Waals surface area contributed by atoms with Crippen LogP contribution >= 0.6 is 11.6 Å². The molecule has 1 aliphatic rings. The average Bonchev–Trinajstić information content (AvgIpc) is 2.52. The summed E-state index contributed by atoms with van der Waals surface area (Å²) in [7, 11) is 0. The van der Waals surface area contributed by atoms with Gasteiger partial charge in [-0.25, -0.2) is 0 Å². The van der Waals surface area contributed by atoms with Crippen LogP contribution in [0.3, 0.4) is 0 Å². The summed E-state index contributed by atoms with van der Waals surface area (Å²) >= 11 is 6.17. The van der Waals surface area contributed by atoms with Crippen molar-refractivity contribution >= 4 is 17.2 Å². The first kappa shape index (κ1) is 14.4. The smallest absolute Gasteiger partial charge is 0.166 e. The number of alkyl halides is 4. The van der Waals surface area contributed by atoms with Gasteiger partial charge >= 0.3 is 6.18 Å². The van der Waals surface area contributed by atoms with Crippen LogP contribution in [0.15, 0.2) is 24.3 Å². The van der Waals surface area contributed by atoms with E-state index in [-0.39, 0.29) is 5.38 Å². The van der Waals surface area contributed by atoms with E-state index in [4.69, 9.17) is 11.6 Å². The Labute approximate surface area is 116 Å². The third kappa shape index (κ3) is 3.53. The van der Waals surface area contributed by atoms with E-state index in [1.54, 1.807) is 13.0 Å². The molecule has 1 aromatic rings. The molecular formula is C15H16ClF3. The topological polar surface area (TPSA) is 0 Å². The SMILES string of the molecule is Cc1cc(C(F)(F)F)ccc1C1=CC(Cl)CCCC1. The van der Waals surface area contributed by atoms with Crippen molar-refractivity contribution in [1.29, 1.82) is 0 Å². The Balaban J connectivity index is 2.35. The van der Waals surface area contributed by atoms with Gasteiger partial charge in [0.15, 0.2) is 0 Å². The predicted octanol–water partition coefficient (Wildman–Crippen LogP) is 5.58. The number of hydrogen-bond acceptors (Lipinski definition) is 0. The van der Waals surface area contributed by atoms with Gasteiger partial charge in [0.25, 0.3) is 0 Å². The Morgan fingerprint density at radius 2 is 1.95 bits per heavy atom. The summed E-state index contributed by atoms with van der Waals surface area (Å²) in [5.74, 6) is 0. The van der Waals surface area contributed by atoms with Gasteiger partial charge in [0, 0.05) is 0 Å². The number of halogens is 4. The van der Waals surface area contributed by atoms with Gasteiger partial charge in [0.2, 0.25) is 0 Å². The monoisotopic (exact) mass is 288 g/mol. The highest BCUT2D eigenvalue weighted by atomic mass is 35.5. The van der Waals surface area contributed by atoms with Gasteiger partial charge in [0.05, 0.1) is 10.9 Å². The molecule has 0 saturated heterocycles. The molecule has 1 atom stereocenters. The molecule has 0 heterocycles. The Morgan fingerprint density at radius 1 is 1.21 bits per heavy atom. The van der Waals surface area contributed by atoms with E-state index in [2.05, 4.69) is 0 Å². The molecule has 0 aliphatic heterocycles. The second kappa shape index (κ2) is 5.58. The van der Waals surface area contributed by atoms with Crippen LogP contribution < -0.4 is 0 Å². The van der Waals surface area contributed by atoms with Crippen molar-refractivity contribution in [2.75, 3.05) is 0 Å². The summed E-state index contributed by atoms with van der Waals surface area (Å²) in [6.45, 7) is 1.72. The molecule has 0 saturated carbocycles. The number of hydrogen-bond donors (Lipinski definition) is 0. The molecule has 0 bridgehead atoms. The van der Waals surface area contributed by atoms with Gasteiger partial charge in [-0.3, -0.25) is 0 Å². The minimum atomic E-state index is -4.28. The van der Waals surface area contributed by atoms with Crippen molar-refractivity contribution in [1.82, 2.24) is 0 Å². The second-order valence-corrected chi connectivity index (χ2v) is 5.54. The maximum Gasteiger partial charge on any atom is 0.416 e. The van der Waals surface area contributed by atoms with Gasteiger partial charge in [-0.15, -0.1) is 11.6 Å². The molecule has 1 aromatic carbocycles.